The highest BCUT2D eigenvalue weighted by Gasteiger charge is 2.15. The van der Waals surface area contributed by atoms with Gasteiger partial charge in [-0.25, -0.2) is 18.7 Å². The van der Waals surface area contributed by atoms with Gasteiger partial charge in [-0.3, -0.25) is 19.2 Å². The number of allylic oxidation sites excluding steroid dienone is 2. The Morgan fingerprint density at radius 3 is 1.24 bits per heavy atom. The normalized spacial score (nSPS) is 10.5. The van der Waals surface area contributed by atoms with Gasteiger partial charge in [-0.1, -0.05) is 37.4 Å². The van der Waals surface area contributed by atoms with E-state index in [1.165, 1.54) is 12.2 Å². The zero-order chi connectivity index (χ0) is 46.9. The Kier molecular flexibility index (Phi) is 20.0. The summed E-state index contributed by atoms with van der Waals surface area (Å²) in [6.07, 6.45) is 13.3. The van der Waals surface area contributed by atoms with Crippen LogP contribution in [0.2, 0.25) is 0 Å². The molecule has 66 heavy (non-hydrogen) atoms. The second-order valence-electron chi connectivity index (χ2n) is 14.9. The van der Waals surface area contributed by atoms with E-state index in [1.807, 2.05) is 0 Å². The third-order valence-corrected chi connectivity index (χ3v) is 9.86. The predicted octanol–water partition coefficient (Wildman–Crippen LogP) is 6.88. The van der Waals surface area contributed by atoms with Gasteiger partial charge in [0.25, 0.3) is 0 Å². The van der Waals surface area contributed by atoms with Crippen molar-refractivity contribution in [3.63, 3.8) is 0 Å². The lowest BCUT2D eigenvalue weighted by atomic mass is 10.1. The van der Waals surface area contributed by atoms with Crippen LogP contribution in [-0.2, 0) is 54.6 Å². The van der Waals surface area contributed by atoms with E-state index in [0.717, 1.165) is 12.8 Å². The van der Waals surface area contributed by atoms with Crippen LogP contribution in [0.5, 0.6) is 23.0 Å². The van der Waals surface area contributed by atoms with Crippen molar-refractivity contribution in [2.75, 3.05) is 26.4 Å². The van der Waals surface area contributed by atoms with Gasteiger partial charge in [-0.05, 0) is 97.5 Å². The molecule has 14 nitrogen and oxygen atoms in total. The van der Waals surface area contributed by atoms with Crippen molar-refractivity contribution in [2.24, 2.45) is 0 Å². The van der Waals surface area contributed by atoms with Gasteiger partial charge >= 0.3 is 23.9 Å². The van der Waals surface area contributed by atoms with E-state index in [0.29, 0.717) is 97.2 Å². The molecular weight excluding hydrogens is 845 g/mol. The predicted molar refractivity (Wildman–Crippen MR) is 241 cm³/mol. The van der Waals surface area contributed by atoms with Crippen LogP contribution < -0.4 is 28.1 Å². The second-order valence-corrected chi connectivity index (χ2v) is 14.9. The summed E-state index contributed by atoms with van der Waals surface area (Å²) in [5.74, 6) is 0.0838. The first kappa shape index (κ1) is 49.3. The summed E-state index contributed by atoms with van der Waals surface area (Å²) in [6.45, 7) is 8.85. The molecule has 0 aliphatic rings. The number of aromatic nitrogens is 2. The summed E-state index contributed by atoms with van der Waals surface area (Å²) in [4.78, 5) is 73.2. The van der Waals surface area contributed by atoms with Gasteiger partial charge in [-0.2, -0.15) is 0 Å². The first-order valence-corrected chi connectivity index (χ1v) is 21.6. The molecule has 0 saturated carbocycles. The summed E-state index contributed by atoms with van der Waals surface area (Å²) in [5.41, 5.74) is 2.12. The summed E-state index contributed by atoms with van der Waals surface area (Å²) >= 11 is 0. The van der Waals surface area contributed by atoms with Crippen LogP contribution in [0.3, 0.4) is 0 Å². The molecule has 0 bridgehead atoms. The topological polar surface area (TPSA) is 166 Å². The smallest absolute Gasteiger partial charge is 0.343 e. The van der Waals surface area contributed by atoms with E-state index in [1.54, 1.807) is 131 Å². The molecule has 0 aliphatic heterocycles. The number of benzene rings is 3. The van der Waals surface area contributed by atoms with E-state index >= 15 is 0 Å². The number of hydrogen-bond donors (Lipinski definition) is 0. The van der Waals surface area contributed by atoms with Crippen molar-refractivity contribution in [3.8, 4) is 23.0 Å². The molecule has 0 spiro atoms. The van der Waals surface area contributed by atoms with E-state index in [4.69, 9.17) is 28.4 Å². The molecule has 0 amide bonds. The van der Waals surface area contributed by atoms with E-state index in [2.05, 4.69) is 13.2 Å². The molecule has 342 valence electrons. The molecule has 5 aromatic rings. The van der Waals surface area contributed by atoms with Crippen LogP contribution in [-0.4, -0.2) is 61.9 Å². The minimum Gasteiger partial charge on any atom is -0.494 e. The minimum atomic E-state index is -0.520. The fourth-order valence-corrected chi connectivity index (χ4v) is 6.23. The number of ether oxygens (including phenoxy) is 6. The molecule has 0 saturated heterocycles. The van der Waals surface area contributed by atoms with Crippen LogP contribution >= 0.6 is 0 Å². The Morgan fingerprint density at radius 1 is 0.470 bits per heavy atom. The first-order chi connectivity index (χ1) is 32.1. The largest absolute Gasteiger partial charge is 0.494 e. The number of hydrogen-bond acceptors (Lipinski definition) is 12. The zero-order valence-electron chi connectivity index (χ0n) is 36.8. The molecule has 2 heterocycles. The van der Waals surface area contributed by atoms with Gasteiger partial charge in [0.15, 0.2) is 62.7 Å². The quantitative estimate of drug-likeness (QED) is 0.0222. The van der Waals surface area contributed by atoms with Crippen molar-refractivity contribution in [1.29, 1.82) is 0 Å². The van der Waals surface area contributed by atoms with E-state index in [-0.39, 0.29) is 37.6 Å². The summed E-state index contributed by atoms with van der Waals surface area (Å²) in [6, 6.07) is 26.9. The van der Waals surface area contributed by atoms with E-state index < -0.39 is 23.9 Å². The lowest BCUT2D eigenvalue weighted by Crippen LogP contribution is -2.35. The van der Waals surface area contributed by atoms with Crippen molar-refractivity contribution in [1.82, 2.24) is 0 Å². The Morgan fingerprint density at radius 2 is 0.864 bits per heavy atom. The Hall–Kier alpha value is -7.74. The third kappa shape index (κ3) is 17.8. The lowest BCUT2D eigenvalue weighted by molar-refractivity contribution is -0.698. The lowest BCUT2D eigenvalue weighted by Gasteiger charge is -2.08. The van der Waals surface area contributed by atoms with E-state index in [9.17, 15) is 28.8 Å². The number of rotatable bonds is 28. The maximum Gasteiger partial charge on any atom is 0.343 e. The molecule has 2 aromatic heterocycles. The molecule has 0 atom stereocenters. The highest BCUT2D eigenvalue weighted by Crippen LogP contribution is 2.18. The van der Waals surface area contributed by atoms with Crippen LogP contribution in [0.25, 0.3) is 0 Å². The Balaban J connectivity index is 0.937. The molecule has 5 rings (SSSR count). The third-order valence-electron chi connectivity index (χ3n) is 9.86. The number of pyridine rings is 2. The maximum atomic E-state index is 12.7. The Labute approximate surface area is 384 Å². The molecule has 0 unspecified atom stereocenters. The van der Waals surface area contributed by atoms with Crippen LogP contribution in [0.15, 0.2) is 147 Å². The average Bonchev–Trinajstić information content (AvgIpc) is 3.32. The SMILES string of the molecule is C=CC(=O)CCCCOc1ccc(C(=O)Oc2cc[n+](CCOC(=O)Cc3cccc(CC(=O)OCC[n+]4ccc(OC(=O)c5ccc(OCCCCC(=O)C=C)cc5)cc4)c3)cc2)cc1. The number of ketones is 2. The zero-order valence-corrected chi connectivity index (χ0v) is 36.8. The first-order valence-electron chi connectivity index (χ1n) is 21.6. The standard InChI is InChI=1S/C52H54N2O12/c1-3-43(55)12-5-7-32-61-45-18-14-41(15-19-45)51(59)65-47-22-26-53(27-23-47)30-34-63-49(57)37-39-10-9-11-40(36-39)38-50(58)64-35-31-54-28-24-48(25-29-54)66-52(60)42-16-20-46(21-17-42)62-33-8-6-13-44(56)4-2/h3-4,9-11,14-29,36H,1-2,5-8,12-13,30-35,37-38H2/q+2. The second kappa shape index (κ2) is 26.8. The number of unbranched alkanes of at least 4 members (excludes halogenated alkanes) is 2. The summed E-state index contributed by atoms with van der Waals surface area (Å²) < 4.78 is 36.8. The highest BCUT2D eigenvalue weighted by molar-refractivity contribution is 5.92. The van der Waals surface area contributed by atoms with Gasteiger partial charge < -0.3 is 28.4 Å². The van der Waals surface area contributed by atoms with Crippen molar-refractivity contribution in [2.45, 2.75) is 64.5 Å². The van der Waals surface area contributed by atoms with Gasteiger partial charge in [0.1, 0.15) is 23.0 Å². The minimum absolute atomic E-state index is 0.0125. The molecule has 0 fully saturated rings. The fraction of sp³-hybridized carbons (Fsp3) is 0.269. The average molecular weight is 899 g/mol. The van der Waals surface area contributed by atoms with Crippen LogP contribution in [0, 0.1) is 0 Å². The molecule has 0 aliphatic carbocycles. The van der Waals surface area contributed by atoms with Crippen LogP contribution in [0.4, 0.5) is 0 Å². The maximum absolute atomic E-state index is 12.7. The number of carbonyl (C=O) groups is 6. The summed E-state index contributed by atoms with van der Waals surface area (Å²) in [5, 5.41) is 0. The Bertz CT molecular complexity index is 2250. The monoisotopic (exact) mass is 898 g/mol. The number of carbonyl (C=O) groups excluding carboxylic acids is 6. The summed E-state index contributed by atoms with van der Waals surface area (Å²) in [7, 11) is 0. The number of esters is 4. The van der Waals surface area contributed by atoms with Crippen molar-refractivity contribution in [3.05, 3.63) is 169 Å². The fourth-order valence-electron chi connectivity index (χ4n) is 6.23. The van der Waals surface area contributed by atoms with Gasteiger partial charge in [-0.15, -0.1) is 0 Å². The van der Waals surface area contributed by atoms with Gasteiger partial charge in [0, 0.05) is 37.1 Å². The molecule has 0 N–H and O–H groups in total. The highest BCUT2D eigenvalue weighted by atomic mass is 16.5. The molecule has 14 heteroatoms. The van der Waals surface area contributed by atoms with Crippen molar-refractivity contribution < 1.29 is 66.3 Å². The van der Waals surface area contributed by atoms with Gasteiger partial charge in [0.2, 0.25) is 0 Å². The molecular formula is C52H54N2O12+2. The van der Waals surface area contributed by atoms with Crippen molar-refractivity contribution >= 4 is 35.4 Å². The van der Waals surface area contributed by atoms with Crippen LogP contribution in [0.1, 0.15) is 70.4 Å². The molecule has 0 radical (unpaired) electrons. The molecule has 3 aromatic carbocycles. The number of nitrogens with zero attached hydrogens (tertiary/aromatic N) is 2. The van der Waals surface area contributed by atoms with Gasteiger partial charge in [0.05, 0.1) is 37.2 Å².